The summed E-state index contributed by atoms with van der Waals surface area (Å²) in [6.45, 7) is 0. The molecule has 21 heavy (non-hydrogen) atoms. The molecule has 2 heterocycles. The van der Waals surface area contributed by atoms with Crippen LogP contribution in [-0.4, -0.2) is 37.5 Å². The number of carbonyl (C=O) groups excluding carboxylic acids is 1. The topological polar surface area (TPSA) is 131 Å². The van der Waals surface area contributed by atoms with Crippen molar-refractivity contribution < 1.29 is 32.8 Å². The molecule has 0 spiro atoms. The highest BCUT2D eigenvalue weighted by molar-refractivity contribution is 7.63. The second kappa shape index (κ2) is 5.98. The van der Waals surface area contributed by atoms with Crippen molar-refractivity contribution in [1.29, 1.82) is 0 Å². The lowest BCUT2D eigenvalue weighted by molar-refractivity contribution is -0.117. The highest BCUT2D eigenvalue weighted by Crippen LogP contribution is 2.34. The number of alkyl halides is 1. The Hall–Kier alpha value is -1.68. The SMILES string of the molecule is O=C(O[C@@H]1C[C@@H](F)[C@H](n2cc(F)c(=O)[nH]c2=O)O1)P(O)O. The van der Waals surface area contributed by atoms with Crippen LogP contribution in [0.15, 0.2) is 15.8 Å². The standard InChI is InChI=1S/C9H9F2N2O7P/c10-3-1-5(20-9(16)21(17)18)19-7(3)13-2-4(11)6(14)12-8(13)15/h2-3,5,7,17-18H,1H2,(H,12,14,15)/t3-,5-,7-/m1/s1. The molecule has 1 saturated heterocycles. The number of carbonyl (C=O) groups is 1. The van der Waals surface area contributed by atoms with Gasteiger partial charge in [-0.2, -0.15) is 4.39 Å². The molecule has 0 unspecified atom stereocenters. The summed E-state index contributed by atoms with van der Waals surface area (Å²) >= 11 is 0. The first-order valence-corrected chi connectivity index (χ1v) is 6.73. The highest BCUT2D eigenvalue weighted by atomic mass is 31.2. The summed E-state index contributed by atoms with van der Waals surface area (Å²) in [6.07, 6.45) is -4.95. The van der Waals surface area contributed by atoms with Crippen molar-refractivity contribution in [3.63, 3.8) is 0 Å². The van der Waals surface area contributed by atoms with Crippen LogP contribution >= 0.6 is 8.38 Å². The van der Waals surface area contributed by atoms with E-state index >= 15 is 0 Å². The number of hydrogen-bond acceptors (Lipinski definition) is 7. The minimum absolute atomic E-state index is 0.466. The molecule has 12 heteroatoms. The summed E-state index contributed by atoms with van der Waals surface area (Å²) in [5, 5.41) is 0. The minimum atomic E-state index is -3.02. The van der Waals surface area contributed by atoms with E-state index in [1.54, 1.807) is 4.98 Å². The lowest BCUT2D eigenvalue weighted by Gasteiger charge is -2.16. The number of H-pyrrole nitrogens is 1. The molecule has 1 aliphatic heterocycles. The largest absolute Gasteiger partial charge is 0.429 e. The van der Waals surface area contributed by atoms with Crippen LogP contribution in [-0.2, 0) is 9.47 Å². The van der Waals surface area contributed by atoms with E-state index < -0.39 is 56.3 Å². The van der Waals surface area contributed by atoms with Gasteiger partial charge in [0, 0.05) is 6.42 Å². The van der Waals surface area contributed by atoms with Gasteiger partial charge in [-0.1, -0.05) is 0 Å². The Morgan fingerprint density at radius 2 is 2.19 bits per heavy atom. The summed E-state index contributed by atoms with van der Waals surface area (Å²) in [7, 11) is -3.02. The smallest absolute Gasteiger partial charge is 0.385 e. The Labute approximate surface area is 115 Å². The molecule has 0 aliphatic carbocycles. The zero-order valence-corrected chi connectivity index (χ0v) is 11.0. The van der Waals surface area contributed by atoms with Crippen molar-refractivity contribution in [2.24, 2.45) is 0 Å². The molecule has 3 atom stereocenters. The first-order chi connectivity index (χ1) is 9.79. The molecule has 1 fully saturated rings. The molecule has 116 valence electrons. The lowest BCUT2D eigenvalue weighted by Crippen LogP contribution is -2.36. The van der Waals surface area contributed by atoms with Crippen LogP contribution in [0.4, 0.5) is 13.6 Å². The molecular weight excluding hydrogens is 317 g/mol. The lowest BCUT2D eigenvalue weighted by atomic mass is 10.3. The summed E-state index contributed by atoms with van der Waals surface area (Å²) < 4.78 is 36.7. The van der Waals surface area contributed by atoms with E-state index in [0.29, 0.717) is 10.8 Å². The number of aromatic nitrogens is 2. The van der Waals surface area contributed by atoms with Gasteiger partial charge in [-0.05, 0) is 0 Å². The van der Waals surface area contributed by atoms with Crippen molar-refractivity contribution in [2.75, 3.05) is 0 Å². The van der Waals surface area contributed by atoms with Crippen molar-refractivity contribution in [3.8, 4) is 0 Å². The van der Waals surface area contributed by atoms with E-state index in [1.165, 1.54) is 0 Å². The molecule has 0 bridgehead atoms. The molecule has 0 amide bonds. The summed E-state index contributed by atoms with van der Waals surface area (Å²) in [6, 6.07) is 0. The van der Waals surface area contributed by atoms with Crippen LogP contribution in [0.5, 0.6) is 0 Å². The summed E-state index contributed by atoms with van der Waals surface area (Å²) in [4.78, 5) is 52.1. The second-order valence-electron chi connectivity index (χ2n) is 4.02. The van der Waals surface area contributed by atoms with E-state index in [1.807, 2.05) is 0 Å². The second-order valence-corrected chi connectivity index (χ2v) is 4.97. The highest BCUT2D eigenvalue weighted by Gasteiger charge is 2.40. The van der Waals surface area contributed by atoms with Gasteiger partial charge in [0.2, 0.25) is 12.1 Å². The van der Waals surface area contributed by atoms with E-state index in [-0.39, 0.29) is 0 Å². The maximum absolute atomic E-state index is 13.8. The van der Waals surface area contributed by atoms with Gasteiger partial charge < -0.3 is 19.3 Å². The average molecular weight is 326 g/mol. The third-order valence-corrected chi connectivity index (χ3v) is 3.04. The third-order valence-electron chi connectivity index (χ3n) is 2.61. The van der Waals surface area contributed by atoms with Crippen molar-refractivity contribution in [3.05, 3.63) is 32.9 Å². The fourth-order valence-corrected chi connectivity index (χ4v) is 1.93. The molecule has 0 aromatic carbocycles. The van der Waals surface area contributed by atoms with Gasteiger partial charge in [0.05, 0.1) is 6.20 Å². The molecule has 0 radical (unpaired) electrons. The fraction of sp³-hybridized carbons (Fsp3) is 0.444. The predicted octanol–water partition coefficient (Wildman–Crippen LogP) is -0.308. The Bertz CT molecular complexity index is 660. The molecule has 1 aliphatic rings. The number of nitrogens with zero attached hydrogens (tertiary/aromatic N) is 1. The monoisotopic (exact) mass is 326 g/mol. The van der Waals surface area contributed by atoms with Gasteiger partial charge in [-0.25, -0.2) is 14.0 Å². The summed E-state index contributed by atoms with van der Waals surface area (Å²) in [5.74, 6) is -1.32. The Morgan fingerprint density at radius 3 is 2.81 bits per heavy atom. The van der Waals surface area contributed by atoms with Crippen molar-refractivity contribution in [1.82, 2.24) is 9.55 Å². The maximum atomic E-state index is 13.8. The van der Waals surface area contributed by atoms with E-state index in [4.69, 9.17) is 14.5 Å². The van der Waals surface area contributed by atoms with Gasteiger partial charge in [0.15, 0.2) is 12.4 Å². The first-order valence-electron chi connectivity index (χ1n) is 5.48. The molecular formula is C9H9F2N2O7P. The van der Waals surface area contributed by atoms with E-state index in [2.05, 4.69) is 4.74 Å². The zero-order valence-electron chi connectivity index (χ0n) is 10.1. The van der Waals surface area contributed by atoms with Gasteiger partial charge in [-0.3, -0.25) is 14.3 Å². The Balaban J connectivity index is 2.19. The normalized spacial score (nSPS) is 25.3. The Kier molecular flexibility index (Phi) is 4.47. The third kappa shape index (κ3) is 3.32. The number of halogens is 2. The van der Waals surface area contributed by atoms with Gasteiger partial charge in [0.1, 0.15) is 0 Å². The predicted molar refractivity (Wildman–Crippen MR) is 62.5 cm³/mol. The number of aromatic amines is 1. The van der Waals surface area contributed by atoms with E-state index in [9.17, 15) is 23.2 Å². The average Bonchev–Trinajstić information content (AvgIpc) is 2.74. The fourth-order valence-electron chi connectivity index (χ4n) is 1.72. The maximum Gasteiger partial charge on any atom is 0.385 e. The molecule has 1 aromatic rings. The van der Waals surface area contributed by atoms with Crippen LogP contribution in [0.1, 0.15) is 12.6 Å². The number of ether oxygens (including phenoxy) is 2. The minimum Gasteiger partial charge on any atom is -0.429 e. The quantitative estimate of drug-likeness (QED) is 0.649. The van der Waals surface area contributed by atoms with Crippen molar-refractivity contribution in [2.45, 2.75) is 25.1 Å². The molecule has 3 N–H and O–H groups in total. The van der Waals surface area contributed by atoms with Crippen LogP contribution in [0.25, 0.3) is 0 Å². The number of hydrogen-bond donors (Lipinski definition) is 3. The molecule has 2 rings (SSSR count). The van der Waals surface area contributed by atoms with Crippen molar-refractivity contribution >= 4 is 14.1 Å². The van der Waals surface area contributed by atoms with Crippen LogP contribution in [0.3, 0.4) is 0 Å². The molecule has 9 nitrogen and oxygen atoms in total. The van der Waals surface area contributed by atoms with E-state index in [0.717, 1.165) is 0 Å². The zero-order chi connectivity index (χ0) is 15.7. The van der Waals surface area contributed by atoms with Crippen LogP contribution in [0.2, 0.25) is 0 Å². The Morgan fingerprint density at radius 1 is 1.52 bits per heavy atom. The van der Waals surface area contributed by atoms with Gasteiger partial charge >= 0.3 is 11.4 Å². The van der Waals surface area contributed by atoms with Gasteiger partial charge in [0.25, 0.3) is 13.9 Å². The molecule has 0 saturated carbocycles. The first kappa shape index (κ1) is 15.7. The van der Waals surface area contributed by atoms with Crippen LogP contribution in [0, 0.1) is 5.82 Å². The van der Waals surface area contributed by atoms with Crippen LogP contribution < -0.4 is 11.2 Å². The number of rotatable bonds is 3. The summed E-state index contributed by atoms with van der Waals surface area (Å²) in [5.41, 5.74) is -3.77. The number of nitrogens with one attached hydrogen (secondary N) is 1. The van der Waals surface area contributed by atoms with Gasteiger partial charge in [-0.15, -0.1) is 0 Å². The molecule has 1 aromatic heterocycles.